The lowest BCUT2D eigenvalue weighted by atomic mass is 9.99. The lowest BCUT2D eigenvalue weighted by Gasteiger charge is -2.16. The minimum atomic E-state index is -0.510. The van der Waals surface area contributed by atoms with Crippen LogP contribution in [0.5, 0.6) is 0 Å². The quantitative estimate of drug-likeness (QED) is 0.153. The van der Waals surface area contributed by atoms with Crippen molar-refractivity contribution in [2.24, 2.45) is 0 Å². The van der Waals surface area contributed by atoms with Crippen LogP contribution in [-0.2, 0) is 0 Å². The van der Waals surface area contributed by atoms with Gasteiger partial charge in [0.25, 0.3) is 0 Å². The summed E-state index contributed by atoms with van der Waals surface area (Å²) in [6.07, 6.45) is 0. The van der Waals surface area contributed by atoms with Gasteiger partial charge in [-0.3, -0.25) is 0 Å². The summed E-state index contributed by atoms with van der Waals surface area (Å²) >= 11 is 0. The minimum Gasteiger partial charge on any atom is -0.308 e. The summed E-state index contributed by atoms with van der Waals surface area (Å²) in [6.45, 7) is 0. The first-order chi connectivity index (χ1) is 32.3. The molecule has 0 fully saturated rings. The third kappa shape index (κ3) is 6.70. The summed E-state index contributed by atoms with van der Waals surface area (Å²) in [4.78, 5) is 30.0. The number of para-hydroxylation sites is 1. The molecule has 0 saturated heterocycles. The number of benzene rings is 8. The van der Waals surface area contributed by atoms with Gasteiger partial charge in [-0.25, -0.2) is 29.9 Å². The van der Waals surface area contributed by atoms with Crippen LogP contribution in [0.15, 0.2) is 212 Å². The molecule has 8 aromatic carbocycles. The van der Waals surface area contributed by atoms with Gasteiger partial charge in [-0.05, 0) is 41.5 Å². The van der Waals surface area contributed by atoms with E-state index in [2.05, 4.69) is 47.0 Å². The summed E-state index contributed by atoms with van der Waals surface area (Å²) < 4.78 is 45.6. The van der Waals surface area contributed by atoms with Crippen molar-refractivity contribution < 1.29 is 6.85 Å². The van der Waals surface area contributed by atoms with Gasteiger partial charge >= 0.3 is 0 Å². The number of rotatable bonds is 8. The maximum atomic E-state index is 8.98. The summed E-state index contributed by atoms with van der Waals surface area (Å²) in [6, 6.07) is 57.4. The molecule has 0 aliphatic rings. The molecule has 7 heteroatoms. The first kappa shape index (κ1) is 30.6. The second-order valence-corrected chi connectivity index (χ2v) is 14.4. The van der Waals surface area contributed by atoms with E-state index in [-0.39, 0.29) is 23.0 Å². The van der Waals surface area contributed by atoms with Crippen molar-refractivity contribution in [3.63, 3.8) is 0 Å². The molecular formula is C54H35N7. The normalized spacial score (nSPS) is 12.4. The standard InChI is InChI=1S/C54H35N7/c1-6-19-36(20-7-1)42-30-18-32-47-48(42)43-29-16-17-31-45(43)61(47)46-34-33-41(53-57-49(37-21-8-2-9-22-37)55-50(58-53)38-23-10-3-11-24-38)35-44(46)54-59-51(39-25-12-4-13-26-39)56-52(60-54)40-27-14-5-15-28-40/h1-35H/i4D,12D,13D,25D,26D. The van der Waals surface area contributed by atoms with Crippen LogP contribution >= 0.6 is 0 Å². The van der Waals surface area contributed by atoms with Crippen LogP contribution < -0.4 is 0 Å². The van der Waals surface area contributed by atoms with Crippen molar-refractivity contribution in [2.45, 2.75) is 0 Å². The van der Waals surface area contributed by atoms with Crippen LogP contribution in [0.4, 0.5) is 0 Å². The lowest BCUT2D eigenvalue weighted by Crippen LogP contribution is -2.05. The summed E-state index contributed by atoms with van der Waals surface area (Å²) in [5, 5.41) is 2.10. The topological polar surface area (TPSA) is 82.3 Å². The van der Waals surface area contributed by atoms with E-state index in [4.69, 9.17) is 36.8 Å². The average molecular weight is 787 g/mol. The number of aromatic nitrogens is 7. The predicted octanol–water partition coefficient (Wildman–Crippen LogP) is 12.8. The first-order valence-corrected chi connectivity index (χ1v) is 19.8. The molecule has 0 aliphatic heterocycles. The fourth-order valence-electron chi connectivity index (χ4n) is 7.81. The van der Waals surface area contributed by atoms with E-state index in [1.807, 2.05) is 140 Å². The average Bonchev–Trinajstić information content (AvgIpc) is 3.72. The van der Waals surface area contributed by atoms with Crippen LogP contribution in [0.25, 0.3) is 107 Å². The summed E-state index contributed by atoms with van der Waals surface area (Å²) in [5.41, 5.74) is 8.09. The van der Waals surface area contributed by atoms with Gasteiger partial charge in [0.1, 0.15) is 0 Å². The van der Waals surface area contributed by atoms with Gasteiger partial charge in [0.05, 0.1) is 23.6 Å². The van der Waals surface area contributed by atoms with Crippen LogP contribution in [-0.4, -0.2) is 34.5 Å². The Kier molecular flexibility index (Phi) is 7.73. The molecule has 0 atom stereocenters. The van der Waals surface area contributed by atoms with Crippen LogP contribution in [0.1, 0.15) is 6.85 Å². The molecule has 3 aromatic heterocycles. The van der Waals surface area contributed by atoms with Crippen molar-refractivity contribution in [3.8, 4) is 85.1 Å². The number of hydrogen-bond donors (Lipinski definition) is 0. The van der Waals surface area contributed by atoms with Crippen molar-refractivity contribution in [1.82, 2.24) is 34.5 Å². The van der Waals surface area contributed by atoms with Crippen molar-refractivity contribution >= 4 is 21.8 Å². The monoisotopic (exact) mass is 786 g/mol. The zero-order valence-corrected chi connectivity index (χ0v) is 32.5. The van der Waals surface area contributed by atoms with Gasteiger partial charge in [0.15, 0.2) is 34.9 Å². The van der Waals surface area contributed by atoms with E-state index in [0.717, 1.165) is 44.1 Å². The maximum absolute atomic E-state index is 8.98. The van der Waals surface area contributed by atoms with E-state index < -0.39 is 30.2 Å². The Morgan fingerprint density at radius 1 is 0.328 bits per heavy atom. The lowest BCUT2D eigenvalue weighted by molar-refractivity contribution is 1.06. The molecule has 0 saturated carbocycles. The molecule has 0 radical (unpaired) electrons. The molecule has 11 rings (SSSR count). The van der Waals surface area contributed by atoms with E-state index in [1.54, 1.807) is 0 Å². The third-order valence-corrected chi connectivity index (χ3v) is 10.6. The zero-order valence-electron chi connectivity index (χ0n) is 37.5. The van der Waals surface area contributed by atoms with Gasteiger partial charge in [0.2, 0.25) is 0 Å². The number of hydrogen-bond acceptors (Lipinski definition) is 6. The Hall–Kier alpha value is -8.42. The second kappa shape index (κ2) is 15.4. The van der Waals surface area contributed by atoms with Gasteiger partial charge in [-0.15, -0.1) is 0 Å². The highest BCUT2D eigenvalue weighted by Gasteiger charge is 2.23. The minimum absolute atomic E-state index is 0.0707. The number of fused-ring (bicyclic) bond motifs is 3. The Labute approximate surface area is 359 Å². The van der Waals surface area contributed by atoms with E-state index in [1.165, 1.54) is 0 Å². The third-order valence-electron chi connectivity index (χ3n) is 10.6. The predicted molar refractivity (Wildman–Crippen MR) is 246 cm³/mol. The second-order valence-electron chi connectivity index (χ2n) is 14.4. The highest BCUT2D eigenvalue weighted by Crippen LogP contribution is 2.41. The molecule has 0 bridgehead atoms. The molecule has 61 heavy (non-hydrogen) atoms. The Balaban J connectivity index is 1.24. The highest BCUT2D eigenvalue weighted by atomic mass is 15.1. The van der Waals surface area contributed by atoms with E-state index in [9.17, 15) is 0 Å². The fourth-order valence-corrected chi connectivity index (χ4v) is 7.81. The van der Waals surface area contributed by atoms with Crippen LogP contribution in [0.2, 0.25) is 0 Å². The molecule has 0 spiro atoms. The van der Waals surface area contributed by atoms with Crippen LogP contribution in [0, 0.1) is 0 Å². The summed E-state index contributed by atoms with van der Waals surface area (Å²) in [5.74, 6) is 1.79. The van der Waals surface area contributed by atoms with Crippen molar-refractivity contribution in [1.29, 1.82) is 0 Å². The van der Waals surface area contributed by atoms with Crippen molar-refractivity contribution in [3.05, 3.63) is 212 Å². The van der Waals surface area contributed by atoms with Crippen LogP contribution in [0.3, 0.4) is 0 Å². The van der Waals surface area contributed by atoms with E-state index in [0.29, 0.717) is 39.9 Å². The Morgan fingerprint density at radius 3 is 1.36 bits per heavy atom. The SMILES string of the molecule is [2H]c1c([2H])c([2H])c(-c2nc(-c3ccccc3)nc(-c3cc(-c4nc(-c5ccccc5)nc(-c5ccccc5)n4)ccc3-n3c4ccccc4c4c(-c5ccccc5)cccc43)n2)c([2H])c1[2H]. The smallest absolute Gasteiger partial charge is 0.166 e. The molecule has 0 N–H and O–H groups in total. The van der Waals surface area contributed by atoms with Gasteiger partial charge in [-0.1, -0.05) is 182 Å². The highest BCUT2D eigenvalue weighted by molar-refractivity contribution is 6.16. The number of nitrogens with zero attached hydrogens (tertiary/aromatic N) is 7. The molecule has 286 valence electrons. The Bertz CT molecular complexity index is 3560. The molecular weight excluding hydrogens is 747 g/mol. The molecule has 11 aromatic rings. The Morgan fingerprint density at radius 2 is 0.787 bits per heavy atom. The maximum Gasteiger partial charge on any atom is 0.166 e. The largest absolute Gasteiger partial charge is 0.308 e. The van der Waals surface area contributed by atoms with Gasteiger partial charge in [0, 0.05) is 44.2 Å². The molecule has 0 aliphatic carbocycles. The van der Waals surface area contributed by atoms with Gasteiger partial charge in [-0.2, -0.15) is 0 Å². The summed E-state index contributed by atoms with van der Waals surface area (Å²) in [7, 11) is 0. The first-order valence-electron chi connectivity index (χ1n) is 22.3. The molecule has 3 heterocycles. The fraction of sp³-hybridized carbons (Fsp3) is 0. The van der Waals surface area contributed by atoms with Gasteiger partial charge < -0.3 is 4.57 Å². The zero-order chi connectivity index (χ0) is 44.9. The molecule has 0 amide bonds. The molecule has 0 unspecified atom stereocenters. The van der Waals surface area contributed by atoms with E-state index >= 15 is 0 Å². The van der Waals surface area contributed by atoms with Crippen molar-refractivity contribution in [2.75, 3.05) is 0 Å². The molecule has 7 nitrogen and oxygen atoms in total.